The van der Waals surface area contributed by atoms with E-state index in [-0.39, 0.29) is 5.89 Å². The molecular weight excluding hydrogens is 257 g/mol. The first-order valence-corrected chi connectivity index (χ1v) is 5.48. The van der Waals surface area contributed by atoms with Crippen molar-refractivity contribution in [2.45, 2.75) is 0 Å². The van der Waals surface area contributed by atoms with Crippen LogP contribution < -0.4 is 5.73 Å². The Kier molecular flexibility index (Phi) is 2.41. The lowest BCUT2D eigenvalue weighted by atomic mass is 10.3. The molecule has 0 saturated heterocycles. The van der Waals surface area contributed by atoms with Crippen LogP contribution in [0.2, 0.25) is 5.02 Å². The molecule has 4 nitrogen and oxygen atoms in total. The second-order valence-corrected chi connectivity index (χ2v) is 4.16. The predicted octanol–water partition coefficient (Wildman–Crippen LogP) is 3.26. The van der Waals surface area contributed by atoms with Crippen LogP contribution in [0.15, 0.2) is 35.0 Å². The molecule has 0 amide bonds. The van der Waals surface area contributed by atoms with Crippen molar-refractivity contribution in [3.8, 4) is 11.5 Å². The van der Waals surface area contributed by atoms with Gasteiger partial charge in [-0.15, -0.1) is 0 Å². The second-order valence-electron chi connectivity index (χ2n) is 3.75. The minimum Gasteiger partial charge on any atom is -0.436 e. The number of anilines is 1. The molecule has 1 aromatic carbocycles. The van der Waals surface area contributed by atoms with Crippen molar-refractivity contribution in [2.24, 2.45) is 0 Å². The Morgan fingerprint density at radius 3 is 2.83 bits per heavy atom. The molecule has 90 valence electrons. The van der Waals surface area contributed by atoms with Crippen molar-refractivity contribution in [3.05, 3.63) is 41.4 Å². The summed E-state index contributed by atoms with van der Waals surface area (Å²) in [5.74, 6) is -0.175. The molecule has 0 unspecified atom stereocenters. The summed E-state index contributed by atoms with van der Waals surface area (Å²) in [6.07, 6.45) is 2.58. The van der Waals surface area contributed by atoms with Gasteiger partial charge >= 0.3 is 0 Å². The van der Waals surface area contributed by atoms with Gasteiger partial charge in [0.1, 0.15) is 11.3 Å². The largest absolute Gasteiger partial charge is 0.436 e. The molecule has 2 heterocycles. The monoisotopic (exact) mass is 263 g/mol. The van der Waals surface area contributed by atoms with E-state index < -0.39 is 5.82 Å². The number of nitrogens with zero attached hydrogens (tertiary/aromatic N) is 2. The minimum absolute atomic E-state index is 0.277. The number of hydrogen-bond acceptors (Lipinski definition) is 4. The maximum Gasteiger partial charge on any atom is 0.228 e. The third-order valence-electron chi connectivity index (χ3n) is 2.46. The highest BCUT2D eigenvalue weighted by molar-refractivity contribution is 6.33. The van der Waals surface area contributed by atoms with E-state index in [1.54, 1.807) is 12.1 Å². The molecule has 18 heavy (non-hydrogen) atoms. The summed E-state index contributed by atoms with van der Waals surface area (Å²) in [7, 11) is 0. The Morgan fingerprint density at radius 1 is 1.22 bits per heavy atom. The number of oxazole rings is 1. The van der Waals surface area contributed by atoms with Crippen LogP contribution in [0.25, 0.3) is 22.6 Å². The van der Waals surface area contributed by atoms with Crippen LogP contribution in [0.3, 0.4) is 0 Å². The molecule has 0 fully saturated rings. The highest BCUT2D eigenvalue weighted by atomic mass is 35.5. The van der Waals surface area contributed by atoms with Gasteiger partial charge in [0, 0.05) is 12.3 Å². The first-order valence-electron chi connectivity index (χ1n) is 5.10. The molecule has 0 bridgehead atoms. The first-order chi connectivity index (χ1) is 8.63. The predicted molar refractivity (Wildman–Crippen MR) is 66.6 cm³/mol. The van der Waals surface area contributed by atoms with E-state index in [1.807, 2.05) is 0 Å². The fourth-order valence-corrected chi connectivity index (χ4v) is 1.77. The number of pyridine rings is 1. The van der Waals surface area contributed by atoms with Gasteiger partial charge in [-0.25, -0.2) is 9.37 Å². The molecule has 0 atom stereocenters. The minimum atomic E-state index is -0.452. The van der Waals surface area contributed by atoms with Crippen molar-refractivity contribution in [2.75, 3.05) is 5.73 Å². The van der Waals surface area contributed by atoms with E-state index in [9.17, 15) is 4.39 Å². The highest BCUT2D eigenvalue weighted by Gasteiger charge is 2.11. The lowest BCUT2D eigenvalue weighted by Crippen LogP contribution is -1.84. The van der Waals surface area contributed by atoms with Crippen LogP contribution in [0.5, 0.6) is 0 Å². The average molecular weight is 264 g/mol. The molecule has 0 spiro atoms. The molecule has 2 aromatic heterocycles. The van der Waals surface area contributed by atoms with Crippen LogP contribution in [0.4, 0.5) is 10.1 Å². The quantitative estimate of drug-likeness (QED) is 0.685. The van der Waals surface area contributed by atoms with Gasteiger partial charge in [-0.2, -0.15) is 0 Å². The van der Waals surface area contributed by atoms with Gasteiger partial charge in [0.2, 0.25) is 5.89 Å². The molecule has 3 aromatic rings. The number of benzene rings is 1. The van der Waals surface area contributed by atoms with Crippen molar-refractivity contribution < 1.29 is 8.81 Å². The Labute approximate surface area is 106 Å². The van der Waals surface area contributed by atoms with Gasteiger partial charge in [-0.1, -0.05) is 11.6 Å². The molecule has 0 saturated carbocycles. The third-order valence-corrected chi connectivity index (χ3v) is 2.79. The molecule has 0 aliphatic heterocycles. The van der Waals surface area contributed by atoms with Gasteiger partial charge in [-0.05, 0) is 12.1 Å². The lowest BCUT2D eigenvalue weighted by Gasteiger charge is -1.94. The standard InChI is InChI=1S/C12H7ClFN3O/c13-8-2-10-11(3-9(8)15)18-12(17-10)6-1-7(14)5-16-4-6/h1-5H,15H2. The topological polar surface area (TPSA) is 64.9 Å². The molecule has 6 heteroatoms. The Bertz CT molecular complexity index is 702. The second kappa shape index (κ2) is 3.96. The van der Waals surface area contributed by atoms with Crippen LogP contribution in [0.1, 0.15) is 0 Å². The SMILES string of the molecule is Nc1cc2oc(-c3cncc(F)c3)nc2cc1Cl. The third kappa shape index (κ3) is 1.78. The summed E-state index contributed by atoms with van der Waals surface area (Å²) in [6, 6.07) is 4.48. The number of hydrogen-bond donors (Lipinski definition) is 1. The fourth-order valence-electron chi connectivity index (χ4n) is 1.62. The van der Waals surface area contributed by atoms with Crippen LogP contribution >= 0.6 is 11.6 Å². The maximum absolute atomic E-state index is 13.1. The zero-order valence-electron chi connectivity index (χ0n) is 9.02. The smallest absolute Gasteiger partial charge is 0.228 e. The Balaban J connectivity index is 2.19. The van der Waals surface area contributed by atoms with Crippen molar-refractivity contribution >= 4 is 28.4 Å². The van der Waals surface area contributed by atoms with Gasteiger partial charge in [0.15, 0.2) is 5.58 Å². The molecule has 2 N–H and O–H groups in total. The van der Waals surface area contributed by atoms with Crippen molar-refractivity contribution in [1.82, 2.24) is 9.97 Å². The zero-order valence-corrected chi connectivity index (χ0v) is 9.78. The van der Waals surface area contributed by atoms with Crippen LogP contribution in [0, 0.1) is 5.82 Å². The number of aromatic nitrogens is 2. The summed E-state index contributed by atoms with van der Waals surface area (Å²) in [4.78, 5) is 7.95. The summed E-state index contributed by atoms with van der Waals surface area (Å²) in [6.45, 7) is 0. The highest BCUT2D eigenvalue weighted by Crippen LogP contribution is 2.29. The van der Waals surface area contributed by atoms with E-state index in [1.165, 1.54) is 12.3 Å². The summed E-state index contributed by atoms with van der Waals surface area (Å²) >= 11 is 5.89. The number of nitrogens with two attached hydrogens (primary N) is 1. The Hall–Kier alpha value is -2.14. The van der Waals surface area contributed by atoms with Crippen LogP contribution in [-0.2, 0) is 0 Å². The Morgan fingerprint density at radius 2 is 2.06 bits per heavy atom. The summed E-state index contributed by atoms with van der Waals surface area (Å²) in [5, 5.41) is 0.403. The van der Waals surface area contributed by atoms with Crippen molar-refractivity contribution in [1.29, 1.82) is 0 Å². The number of nitrogen functional groups attached to an aromatic ring is 1. The summed E-state index contributed by atoms with van der Waals surface area (Å²) < 4.78 is 18.6. The summed E-state index contributed by atoms with van der Waals surface area (Å²) in [5.41, 5.74) is 7.59. The first kappa shape index (κ1) is 11.0. The van der Waals surface area contributed by atoms with E-state index in [2.05, 4.69) is 9.97 Å². The van der Waals surface area contributed by atoms with Gasteiger partial charge in [-0.3, -0.25) is 4.98 Å². The van der Waals surface area contributed by atoms with Gasteiger partial charge in [0.25, 0.3) is 0 Å². The molecular formula is C12H7ClFN3O. The maximum atomic E-state index is 13.1. The molecule has 3 rings (SSSR count). The van der Waals surface area contributed by atoms with E-state index >= 15 is 0 Å². The van der Waals surface area contributed by atoms with Crippen molar-refractivity contribution in [3.63, 3.8) is 0 Å². The average Bonchev–Trinajstić information content (AvgIpc) is 2.73. The molecule has 0 radical (unpaired) electrons. The molecule has 0 aliphatic carbocycles. The van der Waals surface area contributed by atoms with E-state index in [4.69, 9.17) is 21.8 Å². The number of fused-ring (bicyclic) bond motifs is 1. The molecule has 0 aliphatic rings. The lowest BCUT2D eigenvalue weighted by molar-refractivity contribution is 0.607. The fraction of sp³-hybridized carbons (Fsp3) is 0. The number of rotatable bonds is 1. The van der Waals surface area contributed by atoms with E-state index in [0.717, 1.165) is 6.20 Å². The van der Waals surface area contributed by atoms with Gasteiger partial charge < -0.3 is 10.2 Å². The number of halogens is 2. The normalized spacial score (nSPS) is 11.0. The zero-order chi connectivity index (χ0) is 12.7. The van der Waals surface area contributed by atoms with Crippen LogP contribution in [-0.4, -0.2) is 9.97 Å². The van der Waals surface area contributed by atoms with E-state index in [0.29, 0.717) is 27.4 Å². The van der Waals surface area contributed by atoms with Gasteiger partial charge in [0.05, 0.1) is 22.5 Å².